The van der Waals surface area contributed by atoms with Gasteiger partial charge in [0.1, 0.15) is 5.82 Å². The van der Waals surface area contributed by atoms with Crippen molar-refractivity contribution in [2.45, 2.75) is 25.8 Å². The fourth-order valence-corrected chi connectivity index (χ4v) is 2.45. The normalized spacial score (nSPS) is 10.8. The van der Waals surface area contributed by atoms with E-state index in [-0.39, 0.29) is 0 Å². The Labute approximate surface area is 123 Å². The third kappa shape index (κ3) is 3.30. The van der Waals surface area contributed by atoms with Gasteiger partial charge in [0.25, 0.3) is 0 Å². The molecule has 1 aromatic heterocycles. The van der Waals surface area contributed by atoms with Gasteiger partial charge in [-0.05, 0) is 31.0 Å². The first kappa shape index (κ1) is 14.8. The summed E-state index contributed by atoms with van der Waals surface area (Å²) in [4.78, 5) is 4.61. The first-order valence-electron chi connectivity index (χ1n) is 6.74. The van der Waals surface area contributed by atoms with Crippen LogP contribution < -0.4 is 0 Å². The summed E-state index contributed by atoms with van der Waals surface area (Å²) < 4.78 is 7.25. The number of alkyl halides is 1. The molecule has 0 aliphatic carbocycles. The number of rotatable bonds is 7. The Hall–Kier alpha value is -1.57. The molecule has 1 heterocycles. The lowest BCUT2D eigenvalue weighted by Crippen LogP contribution is -2.06. The van der Waals surface area contributed by atoms with Crippen molar-refractivity contribution in [3.63, 3.8) is 0 Å². The summed E-state index contributed by atoms with van der Waals surface area (Å²) in [5.41, 5.74) is 2.60. The molecule has 5 heteroatoms. The Balaban J connectivity index is 2.31. The molecule has 2 aromatic rings. The van der Waals surface area contributed by atoms with Crippen LogP contribution in [0.15, 0.2) is 18.2 Å². The topological polar surface area (TPSA) is 50.8 Å². The minimum Gasteiger partial charge on any atom is -0.385 e. The zero-order valence-corrected chi connectivity index (χ0v) is 12.4. The van der Waals surface area contributed by atoms with Gasteiger partial charge in [-0.3, -0.25) is 0 Å². The molecule has 0 saturated heterocycles. The van der Waals surface area contributed by atoms with Crippen molar-refractivity contribution >= 4 is 22.6 Å². The highest BCUT2D eigenvalue weighted by atomic mass is 35.5. The first-order chi connectivity index (χ1) is 9.80. The summed E-state index contributed by atoms with van der Waals surface area (Å²) in [7, 11) is 1.71. The molecule has 1 aromatic carbocycles. The molecule has 0 amide bonds. The van der Waals surface area contributed by atoms with Crippen LogP contribution in [-0.2, 0) is 17.7 Å². The number of hydrogen-bond donors (Lipinski definition) is 0. The van der Waals surface area contributed by atoms with E-state index in [1.807, 2.05) is 12.1 Å². The molecule has 0 fully saturated rings. The van der Waals surface area contributed by atoms with Crippen LogP contribution in [0.3, 0.4) is 0 Å². The monoisotopic (exact) mass is 291 g/mol. The average Bonchev–Trinajstić information content (AvgIpc) is 2.81. The van der Waals surface area contributed by atoms with Gasteiger partial charge in [-0.25, -0.2) is 4.98 Å². The van der Waals surface area contributed by atoms with E-state index in [9.17, 15) is 0 Å². The van der Waals surface area contributed by atoms with Crippen molar-refractivity contribution in [3.8, 4) is 6.07 Å². The molecule has 0 saturated carbocycles. The van der Waals surface area contributed by atoms with E-state index >= 15 is 0 Å². The summed E-state index contributed by atoms with van der Waals surface area (Å²) in [6, 6.07) is 7.78. The van der Waals surface area contributed by atoms with Crippen molar-refractivity contribution in [2.75, 3.05) is 19.6 Å². The lowest BCUT2D eigenvalue weighted by molar-refractivity contribution is 0.191. The van der Waals surface area contributed by atoms with E-state index in [1.54, 1.807) is 13.2 Å². The molecule has 0 bridgehead atoms. The predicted octanol–water partition coefficient (Wildman–Crippen LogP) is 3.12. The van der Waals surface area contributed by atoms with Gasteiger partial charge in [-0.15, -0.1) is 11.6 Å². The van der Waals surface area contributed by atoms with Gasteiger partial charge in [0.15, 0.2) is 0 Å². The lowest BCUT2D eigenvalue weighted by Gasteiger charge is -2.08. The van der Waals surface area contributed by atoms with E-state index in [0.717, 1.165) is 49.3 Å². The van der Waals surface area contributed by atoms with Crippen LogP contribution >= 0.6 is 11.6 Å². The van der Waals surface area contributed by atoms with E-state index < -0.39 is 0 Å². The maximum absolute atomic E-state index is 9.03. The number of fused-ring (bicyclic) bond motifs is 1. The number of imidazole rings is 1. The summed E-state index contributed by atoms with van der Waals surface area (Å²) in [5, 5.41) is 9.03. The van der Waals surface area contributed by atoms with E-state index in [1.165, 1.54) is 0 Å². The third-order valence-electron chi connectivity index (χ3n) is 3.25. The molecule has 20 heavy (non-hydrogen) atoms. The molecule has 0 aliphatic heterocycles. The van der Waals surface area contributed by atoms with Gasteiger partial charge in [0, 0.05) is 32.6 Å². The molecule has 0 N–H and O–H groups in total. The largest absolute Gasteiger partial charge is 0.385 e. The first-order valence-corrected chi connectivity index (χ1v) is 7.27. The van der Waals surface area contributed by atoms with Crippen LogP contribution in [0, 0.1) is 11.3 Å². The summed E-state index contributed by atoms with van der Waals surface area (Å²) in [6.07, 6.45) is 2.77. The highest BCUT2D eigenvalue weighted by Gasteiger charge is 2.10. The van der Waals surface area contributed by atoms with Gasteiger partial charge in [0.05, 0.1) is 22.7 Å². The van der Waals surface area contributed by atoms with Crippen LogP contribution in [0.1, 0.15) is 24.2 Å². The quantitative estimate of drug-likeness (QED) is 0.582. The number of halogens is 1. The average molecular weight is 292 g/mol. The molecule has 0 atom stereocenters. The zero-order valence-electron chi connectivity index (χ0n) is 11.6. The SMILES string of the molecule is COCCCCn1c(CCCl)nc2ccc(C#N)cc21. The molecule has 0 radical (unpaired) electrons. The number of unbranched alkanes of at least 4 members (excludes halogenated alkanes) is 1. The number of nitriles is 1. The molecule has 0 aliphatic rings. The van der Waals surface area contributed by atoms with Crippen molar-refractivity contribution in [1.29, 1.82) is 5.26 Å². The molecule has 106 valence electrons. The van der Waals surface area contributed by atoms with E-state index in [0.29, 0.717) is 11.4 Å². The van der Waals surface area contributed by atoms with Crippen molar-refractivity contribution in [1.82, 2.24) is 9.55 Å². The van der Waals surface area contributed by atoms with E-state index in [2.05, 4.69) is 15.6 Å². The Bertz CT molecular complexity index is 615. The fraction of sp³-hybridized carbons (Fsp3) is 0.467. The minimum atomic E-state index is 0.548. The highest BCUT2D eigenvalue weighted by Crippen LogP contribution is 2.19. The number of aryl methyl sites for hydroxylation is 2. The van der Waals surface area contributed by atoms with Crippen LogP contribution in [-0.4, -0.2) is 29.1 Å². The number of ether oxygens (including phenoxy) is 1. The second-order valence-electron chi connectivity index (χ2n) is 4.63. The van der Waals surface area contributed by atoms with Gasteiger partial charge in [0.2, 0.25) is 0 Å². The van der Waals surface area contributed by atoms with E-state index in [4.69, 9.17) is 21.6 Å². The summed E-state index contributed by atoms with van der Waals surface area (Å²) in [5.74, 6) is 1.54. The van der Waals surface area contributed by atoms with Crippen molar-refractivity contribution in [2.24, 2.45) is 0 Å². The number of nitrogens with zero attached hydrogens (tertiary/aromatic N) is 3. The smallest absolute Gasteiger partial charge is 0.111 e. The Morgan fingerprint density at radius 3 is 2.95 bits per heavy atom. The molecule has 0 spiro atoms. The minimum absolute atomic E-state index is 0.548. The number of hydrogen-bond acceptors (Lipinski definition) is 3. The third-order valence-corrected chi connectivity index (χ3v) is 3.44. The predicted molar refractivity (Wildman–Crippen MR) is 80.0 cm³/mol. The second-order valence-corrected chi connectivity index (χ2v) is 5.01. The molecule has 2 rings (SSSR count). The zero-order chi connectivity index (χ0) is 14.4. The summed E-state index contributed by atoms with van der Waals surface area (Å²) >= 11 is 5.85. The van der Waals surface area contributed by atoms with Crippen LogP contribution in [0.25, 0.3) is 11.0 Å². The Morgan fingerprint density at radius 1 is 1.40 bits per heavy atom. The number of methoxy groups -OCH3 is 1. The lowest BCUT2D eigenvalue weighted by atomic mass is 10.2. The molecular formula is C15H18ClN3O. The Kier molecular flexibility index (Phi) is 5.40. The van der Waals surface area contributed by atoms with Crippen molar-refractivity contribution < 1.29 is 4.74 Å². The molecular weight excluding hydrogens is 274 g/mol. The van der Waals surface area contributed by atoms with Gasteiger partial charge >= 0.3 is 0 Å². The number of benzene rings is 1. The second kappa shape index (κ2) is 7.28. The molecule has 4 nitrogen and oxygen atoms in total. The van der Waals surface area contributed by atoms with Gasteiger partial charge in [-0.2, -0.15) is 5.26 Å². The number of aromatic nitrogens is 2. The van der Waals surface area contributed by atoms with Gasteiger partial charge in [-0.1, -0.05) is 0 Å². The highest BCUT2D eigenvalue weighted by molar-refractivity contribution is 6.17. The fourth-order valence-electron chi connectivity index (χ4n) is 2.28. The van der Waals surface area contributed by atoms with Crippen LogP contribution in [0.2, 0.25) is 0 Å². The Morgan fingerprint density at radius 2 is 2.25 bits per heavy atom. The summed E-state index contributed by atoms with van der Waals surface area (Å²) in [6.45, 7) is 1.64. The van der Waals surface area contributed by atoms with Crippen LogP contribution in [0.5, 0.6) is 0 Å². The van der Waals surface area contributed by atoms with Crippen molar-refractivity contribution in [3.05, 3.63) is 29.6 Å². The van der Waals surface area contributed by atoms with Crippen LogP contribution in [0.4, 0.5) is 0 Å². The molecule has 0 unspecified atom stereocenters. The standard InChI is InChI=1S/C15H18ClN3O/c1-20-9-3-2-8-19-14-10-12(11-17)4-5-13(14)18-15(19)6-7-16/h4-5,10H,2-3,6-9H2,1H3. The van der Waals surface area contributed by atoms with Gasteiger partial charge < -0.3 is 9.30 Å². The maximum Gasteiger partial charge on any atom is 0.111 e. The maximum atomic E-state index is 9.03.